The van der Waals surface area contributed by atoms with Crippen molar-refractivity contribution >= 4 is 38.6 Å². The fourth-order valence-electron chi connectivity index (χ4n) is 4.03. The van der Waals surface area contributed by atoms with Gasteiger partial charge in [-0.3, -0.25) is 10.1 Å². The van der Waals surface area contributed by atoms with Crippen LogP contribution >= 0.6 is 11.3 Å². The Hall–Kier alpha value is -3.65. The largest absolute Gasteiger partial charge is 0.494 e. The summed E-state index contributed by atoms with van der Waals surface area (Å²) in [6.07, 6.45) is 0. The SMILES string of the molecule is CCOC(=O)c1c(C)c(C(=O)Nc2nc3ccc(OCC)cc3s2)c(C)n1Cc1ccccc1. The predicted octanol–water partition coefficient (Wildman–Crippen LogP) is 5.59. The molecule has 0 atom stereocenters. The maximum Gasteiger partial charge on any atom is 0.355 e. The number of nitrogens with zero attached hydrogens (tertiary/aromatic N) is 2. The number of esters is 1. The number of benzene rings is 2. The van der Waals surface area contributed by atoms with E-state index in [4.69, 9.17) is 9.47 Å². The van der Waals surface area contributed by atoms with Crippen LogP contribution in [0.5, 0.6) is 5.75 Å². The summed E-state index contributed by atoms with van der Waals surface area (Å²) in [4.78, 5) is 30.7. The number of carbonyl (C=O) groups is 2. The molecule has 0 bridgehead atoms. The van der Waals surface area contributed by atoms with Gasteiger partial charge in [0, 0.05) is 12.2 Å². The Morgan fingerprint density at radius 3 is 2.53 bits per heavy atom. The molecule has 2 heterocycles. The first-order valence-corrected chi connectivity index (χ1v) is 12.0. The van der Waals surface area contributed by atoms with Crippen molar-refractivity contribution in [2.75, 3.05) is 18.5 Å². The Morgan fingerprint density at radius 1 is 1.06 bits per heavy atom. The number of rotatable bonds is 8. The summed E-state index contributed by atoms with van der Waals surface area (Å²) < 4.78 is 13.6. The highest BCUT2D eigenvalue weighted by atomic mass is 32.1. The van der Waals surface area contributed by atoms with Crippen molar-refractivity contribution in [3.8, 4) is 5.75 Å². The van der Waals surface area contributed by atoms with E-state index in [-0.39, 0.29) is 12.5 Å². The lowest BCUT2D eigenvalue weighted by atomic mass is 10.1. The van der Waals surface area contributed by atoms with Crippen LogP contribution in [0.1, 0.15) is 51.5 Å². The normalized spacial score (nSPS) is 10.9. The molecule has 0 saturated heterocycles. The monoisotopic (exact) mass is 477 g/mol. The molecule has 7 nitrogen and oxygen atoms in total. The maximum absolute atomic E-state index is 13.4. The molecule has 8 heteroatoms. The lowest BCUT2D eigenvalue weighted by molar-refractivity contribution is 0.0513. The third-order valence-electron chi connectivity index (χ3n) is 5.54. The van der Waals surface area contributed by atoms with Gasteiger partial charge in [-0.2, -0.15) is 0 Å². The highest BCUT2D eigenvalue weighted by molar-refractivity contribution is 7.22. The van der Waals surface area contributed by atoms with Crippen molar-refractivity contribution in [3.63, 3.8) is 0 Å². The van der Waals surface area contributed by atoms with Crippen molar-refractivity contribution in [1.82, 2.24) is 9.55 Å². The number of hydrogen-bond donors (Lipinski definition) is 1. The van der Waals surface area contributed by atoms with Gasteiger partial charge in [-0.25, -0.2) is 9.78 Å². The first kappa shape index (κ1) is 23.5. The van der Waals surface area contributed by atoms with Crippen LogP contribution in [0.3, 0.4) is 0 Å². The van der Waals surface area contributed by atoms with Crippen molar-refractivity contribution in [2.45, 2.75) is 34.2 Å². The minimum absolute atomic E-state index is 0.255. The van der Waals surface area contributed by atoms with E-state index in [1.807, 2.05) is 66.9 Å². The van der Waals surface area contributed by atoms with Gasteiger partial charge >= 0.3 is 5.97 Å². The molecule has 1 amide bonds. The van der Waals surface area contributed by atoms with Crippen molar-refractivity contribution < 1.29 is 19.1 Å². The van der Waals surface area contributed by atoms with E-state index >= 15 is 0 Å². The average Bonchev–Trinajstić information content (AvgIpc) is 3.31. The minimum atomic E-state index is -0.443. The highest BCUT2D eigenvalue weighted by Crippen LogP contribution is 2.31. The molecule has 1 N–H and O–H groups in total. The summed E-state index contributed by atoms with van der Waals surface area (Å²) in [6.45, 7) is 8.61. The van der Waals surface area contributed by atoms with Gasteiger partial charge in [0.05, 0.1) is 29.0 Å². The van der Waals surface area contributed by atoms with Crippen molar-refractivity contribution in [3.05, 3.63) is 76.6 Å². The summed E-state index contributed by atoms with van der Waals surface area (Å²) in [5.74, 6) is 0.0123. The van der Waals surface area contributed by atoms with Gasteiger partial charge in [-0.05, 0) is 57.0 Å². The van der Waals surface area contributed by atoms with Crippen LogP contribution in [0.2, 0.25) is 0 Å². The first-order valence-electron chi connectivity index (χ1n) is 11.2. The molecule has 0 unspecified atom stereocenters. The number of fused-ring (bicyclic) bond motifs is 1. The number of hydrogen-bond acceptors (Lipinski definition) is 6. The van der Waals surface area contributed by atoms with E-state index in [9.17, 15) is 9.59 Å². The van der Waals surface area contributed by atoms with E-state index < -0.39 is 5.97 Å². The molecule has 0 aliphatic carbocycles. The second-order valence-corrected chi connectivity index (χ2v) is 8.79. The zero-order valence-electron chi connectivity index (χ0n) is 19.7. The van der Waals surface area contributed by atoms with Gasteiger partial charge in [0.15, 0.2) is 5.13 Å². The minimum Gasteiger partial charge on any atom is -0.494 e. The summed E-state index contributed by atoms with van der Waals surface area (Å²) in [6, 6.07) is 15.5. The summed E-state index contributed by atoms with van der Waals surface area (Å²) in [5.41, 5.74) is 3.93. The molecule has 2 aromatic carbocycles. The molecule has 0 fully saturated rings. The third kappa shape index (κ3) is 4.68. The number of nitrogens with one attached hydrogen (secondary N) is 1. The van der Waals surface area contributed by atoms with E-state index in [2.05, 4.69) is 10.3 Å². The van der Waals surface area contributed by atoms with Gasteiger partial charge in [0.1, 0.15) is 11.4 Å². The number of thiazole rings is 1. The molecule has 34 heavy (non-hydrogen) atoms. The maximum atomic E-state index is 13.4. The Kier molecular flexibility index (Phi) is 6.98. The molecular formula is C26H27N3O4S. The topological polar surface area (TPSA) is 82.5 Å². The lowest BCUT2D eigenvalue weighted by Crippen LogP contribution is -2.15. The molecule has 176 valence electrons. The fraction of sp³-hybridized carbons (Fsp3) is 0.269. The molecular weight excluding hydrogens is 450 g/mol. The Balaban J connectivity index is 1.69. The number of ether oxygens (including phenoxy) is 2. The smallest absolute Gasteiger partial charge is 0.355 e. The van der Waals surface area contributed by atoms with Crippen LogP contribution in [0.15, 0.2) is 48.5 Å². The Labute approximate surface area is 202 Å². The molecule has 0 aliphatic rings. The van der Waals surface area contributed by atoms with Crippen LogP contribution in [-0.2, 0) is 11.3 Å². The van der Waals surface area contributed by atoms with Gasteiger partial charge in [0.25, 0.3) is 5.91 Å². The first-order chi connectivity index (χ1) is 16.4. The van der Waals surface area contributed by atoms with Crippen LogP contribution in [0, 0.1) is 13.8 Å². The van der Waals surface area contributed by atoms with Crippen LogP contribution in [0.4, 0.5) is 5.13 Å². The van der Waals surface area contributed by atoms with Crippen molar-refractivity contribution in [1.29, 1.82) is 0 Å². The Morgan fingerprint density at radius 2 is 1.82 bits per heavy atom. The Bertz CT molecular complexity index is 1340. The van der Waals surface area contributed by atoms with Crippen LogP contribution in [0.25, 0.3) is 10.2 Å². The van der Waals surface area contributed by atoms with Crippen LogP contribution < -0.4 is 10.1 Å². The predicted molar refractivity (Wildman–Crippen MR) is 134 cm³/mol. The second-order valence-electron chi connectivity index (χ2n) is 7.76. The lowest BCUT2D eigenvalue weighted by Gasteiger charge is -2.12. The molecule has 4 rings (SSSR count). The van der Waals surface area contributed by atoms with E-state index in [0.717, 1.165) is 21.5 Å². The summed E-state index contributed by atoms with van der Waals surface area (Å²) in [5, 5.41) is 3.41. The highest BCUT2D eigenvalue weighted by Gasteiger charge is 2.28. The van der Waals surface area contributed by atoms with E-state index in [1.54, 1.807) is 13.8 Å². The zero-order chi connectivity index (χ0) is 24.2. The van der Waals surface area contributed by atoms with E-state index in [1.165, 1.54) is 11.3 Å². The molecule has 4 aromatic rings. The number of anilines is 1. The summed E-state index contributed by atoms with van der Waals surface area (Å²) >= 11 is 1.38. The molecule has 0 radical (unpaired) electrons. The zero-order valence-corrected chi connectivity index (χ0v) is 20.5. The van der Waals surface area contributed by atoms with Gasteiger partial charge in [0.2, 0.25) is 0 Å². The number of amides is 1. The molecule has 0 saturated carbocycles. The standard InChI is InChI=1S/C26H27N3O4S/c1-5-32-19-12-13-20-21(14-19)34-26(27-20)28-24(30)22-16(3)23(25(31)33-6-2)29(17(22)4)15-18-10-8-7-9-11-18/h7-14H,5-6,15H2,1-4H3,(H,27,28,30). The molecule has 0 aliphatic heterocycles. The van der Waals surface area contributed by atoms with E-state index in [0.29, 0.717) is 40.8 Å². The quantitative estimate of drug-likeness (QED) is 0.335. The van der Waals surface area contributed by atoms with Gasteiger partial charge in [-0.15, -0.1) is 0 Å². The molecule has 2 aromatic heterocycles. The van der Waals surface area contributed by atoms with Gasteiger partial charge in [-0.1, -0.05) is 41.7 Å². The second kappa shape index (κ2) is 10.1. The number of aromatic nitrogens is 2. The third-order valence-corrected chi connectivity index (χ3v) is 6.47. The average molecular weight is 478 g/mol. The molecule has 0 spiro atoms. The van der Waals surface area contributed by atoms with Gasteiger partial charge < -0.3 is 14.0 Å². The van der Waals surface area contributed by atoms with Crippen molar-refractivity contribution in [2.24, 2.45) is 0 Å². The summed E-state index contributed by atoms with van der Waals surface area (Å²) in [7, 11) is 0. The number of carbonyl (C=O) groups excluding carboxylic acids is 2. The van der Waals surface area contributed by atoms with Crippen LogP contribution in [-0.4, -0.2) is 34.6 Å². The fourth-order valence-corrected chi connectivity index (χ4v) is 4.92.